The van der Waals surface area contributed by atoms with E-state index in [1.54, 1.807) is 10.9 Å². The second-order valence-corrected chi connectivity index (χ2v) is 10.1. The van der Waals surface area contributed by atoms with E-state index in [0.29, 0.717) is 24.1 Å². The van der Waals surface area contributed by atoms with Gasteiger partial charge in [0, 0.05) is 56.9 Å². The highest BCUT2D eigenvalue weighted by molar-refractivity contribution is 5.93. The Balaban J connectivity index is 0.990. The minimum atomic E-state index is -0.247. The van der Waals surface area contributed by atoms with Gasteiger partial charge in [0.2, 0.25) is 0 Å². The number of likely N-dealkylation sites (tertiary alicyclic amines) is 1. The lowest BCUT2D eigenvalue weighted by atomic mass is 9.89. The molecular weight excluding hydrogens is 466 g/mol. The van der Waals surface area contributed by atoms with Crippen molar-refractivity contribution in [2.45, 2.75) is 44.1 Å². The fraction of sp³-hybridized carbons (Fsp3) is 0.357. The summed E-state index contributed by atoms with van der Waals surface area (Å²) in [6.07, 6.45) is 9.77. The zero-order valence-corrected chi connectivity index (χ0v) is 20.9. The van der Waals surface area contributed by atoms with E-state index in [4.69, 9.17) is 0 Å². The second-order valence-electron chi connectivity index (χ2n) is 10.1. The summed E-state index contributed by atoms with van der Waals surface area (Å²) in [5.74, 6) is 1.02. The normalized spacial score (nSPS) is 16.2. The van der Waals surface area contributed by atoms with E-state index in [9.17, 15) is 9.59 Å². The number of fused-ring (bicyclic) bond motifs is 1. The first-order chi connectivity index (χ1) is 18.0. The average Bonchev–Trinajstić information content (AvgIpc) is 3.54. The van der Waals surface area contributed by atoms with E-state index in [2.05, 4.69) is 32.8 Å². The first-order valence-electron chi connectivity index (χ1n) is 12.9. The van der Waals surface area contributed by atoms with Gasteiger partial charge in [-0.3, -0.25) is 9.48 Å². The number of anilines is 1. The third kappa shape index (κ3) is 5.07. The molecule has 37 heavy (non-hydrogen) atoms. The summed E-state index contributed by atoms with van der Waals surface area (Å²) in [6.45, 7) is 1.89. The van der Waals surface area contributed by atoms with E-state index in [1.807, 2.05) is 59.1 Å². The van der Waals surface area contributed by atoms with Crippen molar-refractivity contribution >= 4 is 23.3 Å². The van der Waals surface area contributed by atoms with Gasteiger partial charge in [0.15, 0.2) is 0 Å². The van der Waals surface area contributed by atoms with E-state index in [0.717, 1.165) is 48.5 Å². The van der Waals surface area contributed by atoms with Gasteiger partial charge in [0.25, 0.3) is 5.91 Å². The highest BCUT2D eigenvalue weighted by atomic mass is 16.2. The van der Waals surface area contributed by atoms with Gasteiger partial charge < -0.3 is 19.9 Å². The number of hydrogen-bond donors (Lipinski definition) is 2. The minimum Gasteiger partial charge on any atom is -0.337 e. The number of rotatable bonds is 6. The van der Waals surface area contributed by atoms with Crippen molar-refractivity contribution in [2.24, 2.45) is 7.05 Å². The van der Waals surface area contributed by atoms with Gasteiger partial charge in [-0.2, -0.15) is 5.10 Å². The Kier molecular flexibility index (Phi) is 6.12. The van der Waals surface area contributed by atoms with Crippen molar-refractivity contribution in [3.63, 3.8) is 0 Å². The van der Waals surface area contributed by atoms with Crippen LogP contribution in [0.3, 0.4) is 0 Å². The largest absolute Gasteiger partial charge is 0.337 e. The number of aromatic nitrogens is 4. The zero-order chi connectivity index (χ0) is 25.4. The number of carbonyl (C=O) groups excluding carboxylic acids is 2. The zero-order valence-electron chi connectivity index (χ0n) is 20.9. The Bertz CT molecular complexity index is 1430. The average molecular weight is 498 g/mol. The number of imidazole rings is 1. The van der Waals surface area contributed by atoms with Crippen LogP contribution in [0.25, 0.3) is 5.65 Å². The molecule has 2 N–H and O–H groups in total. The summed E-state index contributed by atoms with van der Waals surface area (Å²) in [5.41, 5.74) is 5.57. The van der Waals surface area contributed by atoms with Crippen LogP contribution < -0.4 is 10.6 Å². The number of amides is 3. The van der Waals surface area contributed by atoms with Crippen LogP contribution in [0.1, 0.15) is 64.8 Å². The lowest BCUT2D eigenvalue weighted by molar-refractivity contribution is 0.0702. The Morgan fingerprint density at radius 2 is 1.76 bits per heavy atom. The summed E-state index contributed by atoms with van der Waals surface area (Å²) < 4.78 is 3.67. The van der Waals surface area contributed by atoms with E-state index in [-0.39, 0.29) is 11.9 Å². The third-order valence-corrected chi connectivity index (χ3v) is 7.45. The minimum absolute atomic E-state index is 0.0793. The van der Waals surface area contributed by atoms with Gasteiger partial charge in [0.05, 0.1) is 5.69 Å². The number of carbonyl (C=O) groups is 2. The molecule has 0 atom stereocenters. The van der Waals surface area contributed by atoms with Gasteiger partial charge in [-0.15, -0.1) is 0 Å². The maximum atomic E-state index is 13.1. The smallest absolute Gasteiger partial charge is 0.319 e. The number of aryl methyl sites for hydroxylation is 1. The molecule has 1 aromatic carbocycles. The highest BCUT2D eigenvalue weighted by Crippen LogP contribution is 2.39. The lowest BCUT2D eigenvalue weighted by Gasteiger charge is -2.32. The first-order valence-corrected chi connectivity index (χ1v) is 12.9. The number of pyridine rings is 1. The molecule has 1 aliphatic carbocycles. The van der Waals surface area contributed by atoms with Crippen LogP contribution in [-0.2, 0) is 13.6 Å². The Morgan fingerprint density at radius 3 is 2.51 bits per heavy atom. The van der Waals surface area contributed by atoms with Crippen LogP contribution in [0.4, 0.5) is 10.5 Å². The summed E-state index contributed by atoms with van der Waals surface area (Å²) >= 11 is 0. The third-order valence-electron chi connectivity index (χ3n) is 7.45. The van der Waals surface area contributed by atoms with Crippen LogP contribution in [0.5, 0.6) is 0 Å². The van der Waals surface area contributed by atoms with Crippen molar-refractivity contribution in [3.8, 4) is 0 Å². The van der Waals surface area contributed by atoms with Gasteiger partial charge in [0.1, 0.15) is 11.3 Å². The summed E-state index contributed by atoms with van der Waals surface area (Å²) in [7, 11) is 1.86. The predicted octanol–water partition coefficient (Wildman–Crippen LogP) is 4.29. The molecule has 190 valence electrons. The molecule has 0 radical (unpaired) electrons. The second kappa shape index (κ2) is 9.72. The van der Waals surface area contributed by atoms with Crippen LogP contribution in [0.15, 0.2) is 61.1 Å². The van der Waals surface area contributed by atoms with Gasteiger partial charge >= 0.3 is 6.03 Å². The van der Waals surface area contributed by atoms with E-state index >= 15 is 0 Å². The Labute approximate surface area is 215 Å². The molecular formula is C28H31N7O2. The highest BCUT2D eigenvalue weighted by Gasteiger charge is 2.30. The van der Waals surface area contributed by atoms with Crippen molar-refractivity contribution in [2.75, 3.05) is 18.4 Å². The summed E-state index contributed by atoms with van der Waals surface area (Å²) in [4.78, 5) is 31.7. The number of piperidine rings is 1. The van der Waals surface area contributed by atoms with Crippen molar-refractivity contribution in [1.29, 1.82) is 0 Å². The first kappa shape index (κ1) is 23.3. The van der Waals surface area contributed by atoms with Crippen LogP contribution in [-0.4, -0.2) is 49.1 Å². The molecule has 0 bridgehead atoms. The van der Waals surface area contributed by atoms with Crippen molar-refractivity contribution in [1.82, 2.24) is 29.4 Å². The molecule has 0 unspecified atom stereocenters. The molecule has 3 aromatic heterocycles. The predicted molar refractivity (Wildman–Crippen MR) is 141 cm³/mol. The lowest BCUT2D eigenvalue weighted by Crippen LogP contribution is -2.38. The molecule has 1 aliphatic heterocycles. The van der Waals surface area contributed by atoms with Crippen molar-refractivity contribution < 1.29 is 9.59 Å². The number of nitrogens with one attached hydrogen (secondary N) is 2. The molecule has 4 aromatic rings. The number of urea groups is 1. The molecule has 4 heterocycles. The topological polar surface area (TPSA) is 96.6 Å². The monoisotopic (exact) mass is 497 g/mol. The van der Waals surface area contributed by atoms with Crippen LogP contribution in [0, 0.1) is 0 Å². The van der Waals surface area contributed by atoms with Crippen LogP contribution >= 0.6 is 0 Å². The summed E-state index contributed by atoms with van der Waals surface area (Å²) in [6, 6.07) is 13.7. The summed E-state index contributed by atoms with van der Waals surface area (Å²) in [5, 5.41) is 10.3. The molecule has 2 aliphatic rings. The molecule has 3 amide bonds. The molecule has 0 spiro atoms. The van der Waals surface area contributed by atoms with E-state index in [1.165, 1.54) is 18.4 Å². The standard InChI is InChI=1S/C28H31N7O2/c1-33-25(17-24(32-33)22-2-3-22)27(36)35-13-9-21(10-14-35)20-4-6-23(7-5-20)31-28(37)30-18-19-8-12-34-15-11-29-26(34)16-19/h4-8,11-12,15-17,21-22H,2-3,9-10,13-14,18H2,1H3,(H2,30,31,37). The SMILES string of the molecule is Cn1nc(C2CC2)cc1C(=O)N1CCC(c2ccc(NC(=O)NCc3ccn4ccnc4c3)cc2)CC1. The van der Waals surface area contributed by atoms with Crippen molar-refractivity contribution in [3.05, 3.63) is 83.6 Å². The maximum Gasteiger partial charge on any atom is 0.319 e. The Morgan fingerprint density at radius 1 is 0.973 bits per heavy atom. The fourth-order valence-electron chi connectivity index (χ4n) is 5.10. The van der Waals surface area contributed by atoms with E-state index < -0.39 is 0 Å². The van der Waals surface area contributed by atoms with Gasteiger partial charge in [-0.25, -0.2) is 9.78 Å². The Hall–Kier alpha value is -4.14. The number of benzene rings is 1. The van der Waals surface area contributed by atoms with Gasteiger partial charge in [-0.05, 0) is 73.1 Å². The quantitative estimate of drug-likeness (QED) is 0.415. The maximum absolute atomic E-state index is 13.1. The fourth-order valence-corrected chi connectivity index (χ4v) is 5.10. The molecule has 9 heteroatoms. The molecule has 1 saturated heterocycles. The van der Waals surface area contributed by atoms with Gasteiger partial charge in [-0.1, -0.05) is 12.1 Å². The van der Waals surface area contributed by atoms with Crippen LogP contribution in [0.2, 0.25) is 0 Å². The molecule has 6 rings (SSSR count). The number of nitrogens with zero attached hydrogens (tertiary/aromatic N) is 5. The molecule has 9 nitrogen and oxygen atoms in total. The molecule has 1 saturated carbocycles. The molecule has 2 fully saturated rings. The number of hydrogen-bond acceptors (Lipinski definition) is 4.